The highest BCUT2D eigenvalue weighted by molar-refractivity contribution is 7.99. The number of aromatic nitrogens is 3. The van der Waals surface area contributed by atoms with E-state index in [1.54, 1.807) is 19.2 Å². The third-order valence-electron chi connectivity index (χ3n) is 6.80. The van der Waals surface area contributed by atoms with Gasteiger partial charge in [-0.25, -0.2) is 17.2 Å². The van der Waals surface area contributed by atoms with E-state index in [2.05, 4.69) is 27.2 Å². The van der Waals surface area contributed by atoms with Crippen LogP contribution in [0.2, 0.25) is 0 Å². The lowest BCUT2D eigenvalue weighted by Crippen LogP contribution is -2.48. The smallest absolute Gasteiger partial charge is 0.243 e. The second kappa shape index (κ2) is 12.2. The standard InChI is InChI=1S/C28H27F2N5O4S2/c1-33-27(31-32-28(33)40-26-23(29)15-21(16-24(26)30)25(37)18-36)20-8-5-9-22(14-20)41(38,39)35-12-10-34(11-13-35)17-19-6-3-2-4-7-19/h2-9,14-16,36H,10-13,17-18H2,1H3. The monoisotopic (exact) mass is 599 g/mol. The Balaban J connectivity index is 1.31. The third kappa shape index (κ3) is 6.23. The molecule has 2 heterocycles. The molecule has 9 nitrogen and oxygen atoms in total. The van der Waals surface area contributed by atoms with Crippen LogP contribution in [0.25, 0.3) is 11.4 Å². The number of rotatable bonds is 9. The Bertz CT molecular complexity index is 1650. The molecule has 0 unspecified atom stereocenters. The predicted molar refractivity (Wildman–Crippen MR) is 149 cm³/mol. The fraction of sp³-hybridized carbons (Fsp3) is 0.250. The fourth-order valence-electron chi connectivity index (χ4n) is 4.57. The minimum atomic E-state index is -3.77. The summed E-state index contributed by atoms with van der Waals surface area (Å²) in [6.45, 7) is 1.85. The van der Waals surface area contributed by atoms with Gasteiger partial charge in [0.2, 0.25) is 10.0 Å². The number of aliphatic hydroxyl groups is 1. The minimum Gasteiger partial charge on any atom is -0.388 e. The number of benzene rings is 3. The molecule has 0 radical (unpaired) electrons. The van der Waals surface area contributed by atoms with E-state index in [9.17, 15) is 22.0 Å². The molecule has 1 N–H and O–H groups in total. The second-order valence-electron chi connectivity index (χ2n) is 9.51. The first-order chi connectivity index (χ1) is 19.7. The summed E-state index contributed by atoms with van der Waals surface area (Å²) in [6.07, 6.45) is 0. The number of piperazine rings is 1. The zero-order chi connectivity index (χ0) is 29.1. The summed E-state index contributed by atoms with van der Waals surface area (Å²) < 4.78 is 59.2. The Morgan fingerprint density at radius 2 is 1.63 bits per heavy atom. The van der Waals surface area contributed by atoms with Crippen LogP contribution in [0.4, 0.5) is 8.78 Å². The van der Waals surface area contributed by atoms with E-state index in [0.29, 0.717) is 49.3 Å². The number of hydrogen-bond acceptors (Lipinski definition) is 8. The van der Waals surface area contributed by atoms with E-state index < -0.39 is 34.0 Å². The quantitative estimate of drug-likeness (QED) is 0.291. The third-order valence-corrected chi connectivity index (χ3v) is 9.83. The van der Waals surface area contributed by atoms with Crippen molar-refractivity contribution in [3.8, 4) is 11.4 Å². The summed E-state index contributed by atoms with van der Waals surface area (Å²) in [5, 5.41) is 17.3. The minimum absolute atomic E-state index is 0.116. The van der Waals surface area contributed by atoms with Gasteiger partial charge >= 0.3 is 0 Å². The molecule has 0 atom stereocenters. The fourth-order valence-corrected chi connectivity index (χ4v) is 6.84. The van der Waals surface area contributed by atoms with Crippen LogP contribution in [0.1, 0.15) is 15.9 Å². The van der Waals surface area contributed by atoms with Gasteiger partial charge < -0.3 is 9.67 Å². The number of ketones is 1. The molecule has 5 rings (SSSR count). The van der Waals surface area contributed by atoms with Crippen LogP contribution in [-0.4, -0.2) is 76.1 Å². The van der Waals surface area contributed by atoms with Crippen molar-refractivity contribution in [2.24, 2.45) is 7.05 Å². The number of aliphatic hydroxyl groups excluding tert-OH is 1. The van der Waals surface area contributed by atoms with Crippen molar-refractivity contribution in [1.29, 1.82) is 0 Å². The Morgan fingerprint density at radius 3 is 2.29 bits per heavy atom. The van der Waals surface area contributed by atoms with Crippen LogP contribution in [0.5, 0.6) is 0 Å². The Kier molecular flexibility index (Phi) is 8.61. The molecule has 0 aliphatic carbocycles. The highest BCUT2D eigenvalue weighted by Gasteiger charge is 2.29. The molecule has 0 bridgehead atoms. The number of sulfonamides is 1. The second-order valence-corrected chi connectivity index (χ2v) is 12.4. The first-order valence-electron chi connectivity index (χ1n) is 12.7. The predicted octanol–water partition coefficient (Wildman–Crippen LogP) is 3.59. The van der Waals surface area contributed by atoms with E-state index in [-0.39, 0.29) is 20.5 Å². The van der Waals surface area contributed by atoms with Gasteiger partial charge in [0.05, 0.1) is 9.79 Å². The van der Waals surface area contributed by atoms with Crippen molar-refractivity contribution in [1.82, 2.24) is 24.0 Å². The van der Waals surface area contributed by atoms with E-state index in [1.165, 1.54) is 26.6 Å². The van der Waals surface area contributed by atoms with Crippen LogP contribution in [-0.2, 0) is 23.6 Å². The number of carbonyl (C=O) groups excluding carboxylic acids is 1. The van der Waals surface area contributed by atoms with Crippen LogP contribution in [0.15, 0.2) is 81.7 Å². The summed E-state index contributed by atoms with van der Waals surface area (Å²) in [6, 6.07) is 18.1. The maximum absolute atomic E-state index is 14.6. The number of nitrogens with zero attached hydrogens (tertiary/aromatic N) is 5. The van der Waals surface area contributed by atoms with Gasteiger partial charge in [-0.05, 0) is 41.6 Å². The Labute approximate surface area is 240 Å². The summed E-state index contributed by atoms with van der Waals surface area (Å²) >= 11 is 0.679. The van der Waals surface area contributed by atoms with Crippen molar-refractivity contribution < 1.29 is 27.1 Å². The van der Waals surface area contributed by atoms with E-state index >= 15 is 0 Å². The average Bonchev–Trinajstić information content (AvgIpc) is 3.35. The highest BCUT2D eigenvalue weighted by atomic mass is 32.2. The summed E-state index contributed by atoms with van der Waals surface area (Å²) in [7, 11) is -2.17. The summed E-state index contributed by atoms with van der Waals surface area (Å²) in [4.78, 5) is 13.6. The molecule has 0 saturated carbocycles. The molecule has 13 heteroatoms. The van der Waals surface area contributed by atoms with Crippen molar-refractivity contribution in [3.63, 3.8) is 0 Å². The van der Waals surface area contributed by atoms with Crippen molar-refractivity contribution in [3.05, 3.63) is 89.5 Å². The van der Waals surface area contributed by atoms with Crippen LogP contribution in [0, 0.1) is 11.6 Å². The Hall–Kier alpha value is -3.49. The number of hydrogen-bond donors (Lipinski definition) is 1. The van der Waals surface area contributed by atoms with Crippen molar-refractivity contribution in [2.45, 2.75) is 21.5 Å². The van der Waals surface area contributed by atoms with E-state index in [1.807, 2.05) is 18.2 Å². The van der Waals surface area contributed by atoms with Gasteiger partial charge in [0.25, 0.3) is 0 Å². The molecule has 1 aliphatic rings. The molecule has 214 valence electrons. The van der Waals surface area contributed by atoms with Gasteiger partial charge in [0.15, 0.2) is 16.8 Å². The number of halogens is 2. The van der Waals surface area contributed by atoms with Crippen LogP contribution in [0.3, 0.4) is 0 Å². The van der Waals surface area contributed by atoms with Gasteiger partial charge in [-0.2, -0.15) is 4.31 Å². The molecule has 41 heavy (non-hydrogen) atoms. The average molecular weight is 600 g/mol. The topological polar surface area (TPSA) is 109 Å². The first-order valence-corrected chi connectivity index (χ1v) is 15.0. The SMILES string of the molecule is Cn1c(Sc2c(F)cc(C(=O)CO)cc2F)nnc1-c1cccc(S(=O)(=O)N2CCN(Cc3ccccc3)CC2)c1. The van der Waals surface area contributed by atoms with Gasteiger partial charge in [-0.3, -0.25) is 9.69 Å². The van der Waals surface area contributed by atoms with Crippen LogP contribution < -0.4 is 0 Å². The Morgan fingerprint density at radius 1 is 0.951 bits per heavy atom. The molecular weight excluding hydrogens is 572 g/mol. The first kappa shape index (κ1) is 29.0. The number of Topliss-reactive ketones (excluding diaryl/α,β-unsaturated/α-hetero) is 1. The van der Waals surface area contributed by atoms with E-state index in [4.69, 9.17) is 5.11 Å². The molecule has 0 amide bonds. The van der Waals surface area contributed by atoms with Gasteiger partial charge in [0, 0.05) is 50.9 Å². The summed E-state index contributed by atoms with van der Waals surface area (Å²) in [5.41, 5.74) is 1.37. The van der Waals surface area contributed by atoms with Crippen LogP contribution >= 0.6 is 11.8 Å². The van der Waals surface area contributed by atoms with Gasteiger partial charge in [-0.15, -0.1) is 10.2 Å². The molecule has 4 aromatic rings. The maximum atomic E-state index is 14.6. The number of carbonyl (C=O) groups is 1. The molecule has 0 spiro atoms. The zero-order valence-corrected chi connectivity index (χ0v) is 23.7. The lowest BCUT2D eigenvalue weighted by Gasteiger charge is -2.34. The molecule has 3 aromatic carbocycles. The zero-order valence-electron chi connectivity index (χ0n) is 22.1. The largest absolute Gasteiger partial charge is 0.388 e. The van der Waals surface area contributed by atoms with Gasteiger partial charge in [-0.1, -0.05) is 42.5 Å². The molecule has 1 saturated heterocycles. The van der Waals surface area contributed by atoms with Gasteiger partial charge in [0.1, 0.15) is 18.2 Å². The molecular formula is C28H27F2N5O4S2. The normalized spacial score (nSPS) is 14.8. The molecule has 1 aliphatic heterocycles. The summed E-state index contributed by atoms with van der Waals surface area (Å²) in [5.74, 6) is -2.45. The molecule has 1 fully saturated rings. The lowest BCUT2D eigenvalue weighted by molar-refractivity contribution is 0.0902. The highest BCUT2D eigenvalue weighted by Crippen LogP contribution is 2.34. The lowest BCUT2D eigenvalue weighted by atomic mass is 10.1. The molecule has 1 aromatic heterocycles. The van der Waals surface area contributed by atoms with Crippen molar-refractivity contribution >= 4 is 27.6 Å². The van der Waals surface area contributed by atoms with E-state index in [0.717, 1.165) is 18.7 Å². The maximum Gasteiger partial charge on any atom is 0.243 e. The van der Waals surface area contributed by atoms with Crippen molar-refractivity contribution in [2.75, 3.05) is 32.8 Å².